The van der Waals surface area contributed by atoms with Crippen molar-refractivity contribution in [1.82, 2.24) is 0 Å². The molecule has 2 aliphatic carbocycles. The molecule has 1 N–H and O–H groups in total. The summed E-state index contributed by atoms with van der Waals surface area (Å²) in [5, 5.41) is 9.31. The summed E-state index contributed by atoms with van der Waals surface area (Å²) in [5.74, 6) is 0.590. The number of allylic oxidation sites excluding steroid dienone is 2. The lowest BCUT2D eigenvalue weighted by atomic mass is 9.51. The second-order valence-electron chi connectivity index (χ2n) is 7.75. The van der Waals surface area contributed by atoms with Crippen LogP contribution in [0.2, 0.25) is 0 Å². The number of Topliss-reactive ketones (excluding diaryl/α,β-unsaturated/α-hetero) is 2. The van der Waals surface area contributed by atoms with Gasteiger partial charge in [-0.1, -0.05) is 18.6 Å². The zero-order chi connectivity index (χ0) is 17.7. The Balaban J connectivity index is 1.85. The molecular formula is C20H30O4. The average Bonchev–Trinajstić information content (AvgIpc) is 2.85. The van der Waals surface area contributed by atoms with E-state index in [9.17, 15) is 19.5 Å². The van der Waals surface area contributed by atoms with Crippen LogP contribution in [-0.2, 0) is 14.4 Å². The van der Waals surface area contributed by atoms with Gasteiger partial charge >= 0.3 is 5.97 Å². The van der Waals surface area contributed by atoms with Gasteiger partial charge in [0.2, 0.25) is 0 Å². The molecule has 0 amide bonds. The number of carbonyl (C=O) groups is 3. The highest BCUT2D eigenvalue weighted by Gasteiger charge is 2.55. The first-order chi connectivity index (χ1) is 11.4. The summed E-state index contributed by atoms with van der Waals surface area (Å²) in [4.78, 5) is 34.4. The zero-order valence-electron chi connectivity index (χ0n) is 15.0. The Kier molecular flexibility index (Phi) is 6.36. The summed E-state index contributed by atoms with van der Waals surface area (Å²) in [6.07, 6.45) is 9.35. The van der Waals surface area contributed by atoms with Gasteiger partial charge in [0.15, 0.2) is 0 Å². The molecule has 134 valence electrons. The lowest BCUT2D eigenvalue weighted by Gasteiger charge is -2.52. The number of hydrogen-bond acceptors (Lipinski definition) is 3. The average molecular weight is 334 g/mol. The van der Waals surface area contributed by atoms with E-state index < -0.39 is 5.97 Å². The Morgan fingerprint density at radius 3 is 2.54 bits per heavy atom. The van der Waals surface area contributed by atoms with Crippen LogP contribution >= 0.6 is 0 Å². The first-order valence-electron chi connectivity index (χ1n) is 9.29. The molecule has 1 fully saturated rings. The van der Waals surface area contributed by atoms with E-state index >= 15 is 0 Å². The smallest absolute Gasteiger partial charge is 0.303 e. The van der Waals surface area contributed by atoms with Crippen molar-refractivity contribution >= 4 is 17.5 Å². The van der Waals surface area contributed by atoms with Gasteiger partial charge in [-0.25, -0.2) is 0 Å². The molecule has 0 radical (unpaired) electrons. The van der Waals surface area contributed by atoms with Gasteiger partial charge in [-0.15, -0.1) is 0 Å². The molecular weight excluding hydrogens is 304 g/mol. The van der Waals surface area contributed by atoms with Gasteiger partial charge in [0.05, 0.1) is 6.42 Å². The van der Waals surface area contributed by atoms with E-state index in [1.54, 1.807) is 6.92 Å². The van der Waals surface area contributed by atoms with Crippen LogP contribution in [0.15, 0.2) is 11.6 Å². The highest BCUT2D eigenvalue weighted by molar-refractivity contribution is 5.79. The molecule has 0 bridgehead atoms. The van der Waals surface area contributed by atoms with Crippen LogP contribution in [0.5, 0.6) is 0 Å². The molecule has 0 aromatic carbocycles. The summed E-state index contributed by atoms with van der Waals surface area (Å²) in [6, 6.07) is 0. The second kappa shape index (κ2) is 8.09. The van der Waals surface area contributed by atoms with E-state index in [-0.39, 0.29) is 23.4 Å². The Labute approximate surface area is 144 Å². The van der Waals surface area contributed by atoms with Crippen LogP contribution in [0.3, 0.4) is 0 Å². The minimum Gasteiger partial charge on any atom is -0.481 e. The van der Waals surface area contributed by atoms with Crippen molar-refractivity contribution in [1.29, 1.82) is 0 Å². The molecule has 24 heavy (non-hydrogen) atoms. The Morgan fingerprint density at radius 1 is 1.21 bits per heavy atom. The molecule has 3 atom stereocenters. The fraction of sp³-hybridized carbons (Fsp3) is 0.750. The molecule has 0 aromatic heterocycles. The lowest BCUT2D eigenvalue weighted by molar-refractivity contribution is -0.146. The van der Waals surface area contributed by atoms with Crippen molar-refractivity contribution in [2.75, 3.05) is 0 Å². The predicted octanol–water partition coefficient (Wildman–Crippen LogP) is 4.32. The quantitative estimate of drug-likeness (QED) is 0.451. The van der Waals surface area contributed by atoms with Gasteiger partial charge in [0, 0.05) is 19.3 Å². The number of unbranched alkanes of at least 4 members (excludes halogenated alkanes) is 1. The Bertz CT molecular complexity index is 534. The molecule has 2 aliphatic rings. The molecule has 0 spiro atoms. The molecule has 0 aliphatic heterocycles. The van der Waals surface area contributed by atoms with E-state index in [0.29, 0.717) is 37.5 Å². The minimum absolute atomic E-state index is 0.170. The Morgan fingerprint density at radius 2 is 1.92 bits per heavy atom. The van der Waals surface area contributed by atoms with Crippen LogP contribution in [0, 0.1) is 17.3 Å². The summed E-state index contributed by atoms with van der Waals surface area (Å²) in [7, 11) is 0. The number of carboxylic acid groups (broad SMARTS) is 1. The largest absolute Gasteiger partial charge is 0.481 e. The minimum atomic E-state index is -0.749. The maximum atomic E-state index is 12.1. The molecule has 3 unspecified atom stereocenters. The number of carboxylic acids is 1. The highest BCUT2D eigenvalue weighted by Crippen LogP contribution is 2.62. The molecule has 4 nitrogen and oxygen atoms in total. The summed E-state index contributed by atoms with van der Waals surface area (Å²) in [6.45, 7) is 3.73. The summed E-state index contributed by atoms with van der Waals surface area (Å²) < 4.78 is 0. The lowest BCUT2D eigenvalue weighted by Crippen LogP contribution is -2.46. The van der Waals surface area contributed by atoms with Crippen molar-refractivity contribution in [2.24, 2.45) is 17.3 Å². The van der Waals surface area contributed by atoms with E-state index in [1.807, 2.05) is 0 Å². The third-order valence-corrected chi connectivity index (χ3v) is 5.92. The van der Waals surface area contributed by atoms with Crippen LogP contribution in [0.4, 0.5) is 0 Å². The Hall–Kier alpha value is -1.45. The molecule has 0 aromatic rings. The monoisotopic (exact) mass is 334 g/mol. The number of fused-ring (bicyclic) bond motifs is 1. The van der Waals surface area contributed by atoms with Crippen molar-refractivity contribution < 1.29 is 19.5 Å². The van der Waals surface area contributed by atoms with Gasteiger partial charge < -0.3 is 9.90 Å². The first-order valence-corrected chi connectivity index (χ1v) is 9.29. The fourth-order valence-electron chi connectivity index (χ4n) is 4.62. The van der Waals surface area contributed by atoms with Gasteiger partial charge in [-0.2, -0.15) is 0 Å². The molecule has 4 heteroatoms. The number of hydrogen-bond donors (Lipinski definition) is 1. The van der Waals surface area contributed by atoms with E-state index in [1.165, 1.54) is 5.57 Å². The van der Waals surface area contributed by atoms with Crippen molar-refractivity contribution in [3.8, 4) is 0 Å². The van der Waals surface area contributed by atoms with E-state index in [0.717, 1.165) is 32.1 Å². The van der Waals surface area contributed by atoms with Crippen molar-refractivity contribution in [3.63, 3.8) is 0 Å². The van der Waals surface area contributed by atoms with Crippen LogP contribution in [0.1, 0.15) is 78.1 Å². The number of ketones is 2. The van der Waals surface area contributed by atoms with Gasteiger partial charge in [0.25, 0.3) is 0 Å². The maximum absolute atomic E-state index is 12.1. The fourth-order valence-corrected chi connectivity index (χ4v) is 4.62. The van der Waals surface area contributed by atoms with Crippen LogP contribution in [0.25, 0.3) is 0 Å². The molecule has 2 rings (SSSR count). The van der Waals surface area contributed by atoms with Gasteiger partial charge in [0.1, 0.15) is 11.6 Å². The van der Waals surface area contributed by atoms with Crippen LogP contribution < -0.4 is 0 Å². The summed E-state index contributed by atoms with van der Waals surface area (Å²) in [5.41, 5.74) is 1.25. The topological polar surface area (TPSA) is 71.4 Å². The number of carbonyl (C=O) groups excluding carboxylic acids is 2. The van der Waals surface area contributed by atoms with Crippen LogP contribution in [-0.4, -0.2) is 22.6 Å². The zero-order valence-corrected chi connectivity index (χ0v) is 15.0. The highest BCUT2D eigenvalue weighted by atomic mass is 16.4. The van der Waals surface area contributed by atoms with E-state index in [4.69, 9.17) is 0 Å². The SMILES string of the molecule is CCC1=CC2C(C1)CC2(CCC(=O)CCCCC(C)=O)CC(=O)O. The van der Waals surface area contributed by atoms with Gasteiger partial charge in [-0.05, 0) is 62.7 Å². The second-order valence-corrected chi connectivity index (χ2v) is 7.75. The van der Waals surface area contributed by atoms with Gasteiger partial charge in [-0.3, -0.25) is 9.59 Å². The number of rotatable bonds is 11. The standard InChI is InChI=1S/C20H30O4/c1-3-15-10-16-12-20(13-19(23)24,18(16)11-15)9-8-17(22)7-5-4-6-14(2)21/h11,16,18H,3-10,12-13H2,1-2H3,(H,23,24). The first kappa shape index (κ1) is 18.9. The van der Waals surface area contributed by atoms with E-state index in [2.05, 4.69) is 13.0 Å². The summed E-state index contributed by atoms with van der Waals surface area (Å²) >= 11 is 0. The molecule has 1 saturated carbocycles. The molecule has 0 saturated heterocycles. The third-order valence-electron chi connectivity index (χ3n) is 5.92. The third kappa shape index (κ3) is 4.55. The number of aliphatic carboxylic acids is 1. The van der Waals surface area contributed by atoms with Crippen molar-refractivity contribution in [2.45, 2.75) is 78.1 Å². The molecule has 0 heterocycles. The predicted molar refractivity (Wildman–Crippen MR) is 92.7 cm³/mol. The normalized spacial score (nSPS) is 28.0. The maximum Gasteiger partial charge on any atom is 0.303 e. The van der Waals surface area contributed by atoms with Crippen molar-refractivity contribution in [3.05, 3.63) is 11.6 Å².